The molecule has 7 heterocycles. The van der Waals surface area contributed by atoms with Crippen molar-refractivity contribution >= 4 is 135 Å². The van der Waals surface area contributed by atoms with Crippen molar-refractivity contribution in [1.82, 2.24) is 39.4 Å². The van der Waals surface area contributed by atoms with Gasteiger partial charge in [0.25, 0.3) is 5.91 Å². The van der Waals surface area contributed by atoms with Crippen LogP contribution in [0.2, 0.25) is 15.1 Å². The number of aromatic amines is 1. The molecule has 0 radical (unpaired) electrons. The quantitative estimate of drug-likeness (QED) is 0.0879. The number of carbonyl (C=O) groups is 3. The molecular formula is C68H59Cl4N9O5. The molecule has 6 aromatic carbocycles. The van der Waals surface area contributed by atoms with E-state index in [1.807, 2.05) is 160 Å². The first-order chi connectivity index (χ1) is 41.2. The Morgan fingerprint density at radius 2 is 1.02 bits per heavy atom. The lowest BCUT2D eigenvalue weighted by Gasteiger charge is -2.11. The van der Waals surface area contributed by atoms with Crippen LogP contribution < -0.4 is 11.1 Å². The molecule has 0 aliphatic heterocycles. The number of aromatic nitrogens is 7. The summed E-state index contributed by atoms with van der Waals surface area (Å²) in [5.74, 6) is 0.240. The lowest BCUT2D eigenvalue weighted by atomic mass is 10.1. The number of nitrogen functional groups attached to an aromatic ring is 1. The number of pyridine rings is 4. The van der Waals surface area contributed by atoms with Crippen LogP contribution in [0, 0.1) is 13.8 Å². The monoisotopic (exact) mass is 1220 g/mol. The highest BCUT2D eigenvalue weighted by atomic mass is 35.5. The number of benzene rings is 6. The van der Waals surface area contributed by atoms with Crippen LogP contribution >= 0.6 is 46.4 Å². The summed E-state index contributed by atoms with van der Waals surface area (Å²) in [6.45, 7) is 5.53. The number of amides is 1. The van der Waals surface area contributed by atoms with E-state index in [4.69, 9.17) is 56.9 Å². The van der Waals surface area contributed by atoms with Gasteiger partial charge in [-0.2, -0.15) is 0 Å². The Bertz CT molecular complexity index is 4610. The van der Waals surface area contributed by atoms with Crippen molar-refractivity contribution in [2.45, 2.75) is 46.8 Å². The molecular weight excluding hydrogens is 1160 g/mol. The van der Waals surface area contributed by atoms with Crippen LogP contribution in [-0.4, -0.2) is 66.1 Å². The first kappa shape index (κ1) is 61.3. The fraction of sp³-hybridized carbons (Fsp3) is 0.132. The third kappa shape index (κ3) is 14.1. The van der Waals surface area contributed by atoms with Gasteiger partial charge in [0.15, 0.2) is 0 Å². The van der Waals surface area contributed by atoms with Crippen LogP contribution in [0.1, 0.15) is 72.0 Å². The van der Waals surface area contributed by atoms with Gasteiger partial charge in [0, 0.05) is 117 Å². The van der Waals surface area contributed by atoms with E-state index in [1.54, 1.807) is 24.8 Å². The van der Waals surface area contributed by atoms with E-state index in [0.717, 1.165) is 98.9 Å². The summed E-state index contributed by atoms with van der Waals surface area (Å²) in [7, 11) is 2.78. The number of rotatable bonds is 10. The minimum absolute atomic E-state index is 0. The summed E-state index contributed by atoms with van der Waals surface area (Å²) < 4.78 is 13.7. The smallest absolute Gasteiger partial charge is 0.340 e. The molecule has 14 nitrogen and oxygen atoms in total. The van der Waals surface area contributed by atoms with Crippen molar-refractivity contribution < 1.29 is 23.9 Å². The Labute approximate surface area is 516 Å². The van der Waals surface area contributed by atoms with Gasteiger partial charge in [0.1, 0.15) is 5.82 Å². The second kappa shape index (κ2) is 27.6. The van der Waals surface area contributed by atoms with Crippen LogP contribution in [0.15, 0.2) is 189 Å². The Morgan fingerprint density at radius 3 is 1.53 bits per heavy atom. The third-order valence-corrected chi connectivity index (χ3v) is 15.1. The number of hydrogen-bond donors (Lipinski definition) is 3. The predicted molar refractivity (Wildman–Crippen MR) is 349 cm³/mol. The largest absolute Gasteiger partial charge is 0.465 e. The lowest BCUT2D eigenvalue weighted by Crippen LogP contribution is -2.24. The standard InChI is InChI=1S/C27H24ClN5O.C20H15ClN2O2.C10H7Cl2N.C10H9NO2.CH4/c1-16-9-26(29)32-17(2)22(16)13-31-27(34)23-15-33(25-6-4-3-5-21(23)25)14-18-7-8-24-19(10-18)11-20(28)12-30-24;1-25-20(24)17-12-23(19-5-3-2-4-16(17)19)11-13-6-7-18-14(8-13)9-15(21)10-22-18;11-5-7-1-2-10-8(3-7)4-9(12)6-13-10;1-13-10(12)8-6-11-9-5-3-2-4-7(8)9;/h3-12,15H,13-14H2,1-2H3,(H2,29,32)(H,31,34);2-10,12H,11H2,1H3;1-4,6H,5H2;2-6,11H,1H3;1H4. The molecule has 13 rings (SSSR count). The third-order valence-electron chi connectivity index (χ3n) is 14.2. The molecule has 0 bridgehead atoms. The van der Waals surface area contributed by atoms with Crippen molar-refractivity contribution in [1.29, 1.82) is 0 Å². The zero-order chi connectivity index (χ0) is 59.7. The van der Waals surface area contributed by atoms with Crippen molar-refractivity contribution in [3.8, 4) is 0 Å². The Kier molecular flexibility index (Phi) is 19.7. The fourth-order valence-electron chi connectivity index (χ4n) is 10.1. The number of anilines is 1. The van der Waals surface area contributed by atoms with Gasteiger partial charge in [0.05, 0.1) is 62.5 Å². The maximum atomic E-state index is 13.2. The van der Waals surface area contributed by atoms with Crippen LogP contribution in [-0.2, 0) is 35.0 Å². The molecule has 0 atom stereocenters. The van der Waals surface area contributed by atoms with Gasteiger partial charge in [0.2, 0.25) is 0 Å². The highest BCUT2D eigenvalue weighted by Crippen LogP contribution is 2.28. The van der Waals surface area contributed by atoms with Crippen LogP contribution in [0.4, 0.5) is 5.82 Å². The van der Waals surface area contributed by atoms with E-state index >= 15 is 0 Å². The average molecular weight is 1220 g/mol. The zero-order valence-corrected chi connectivity index (χ0v) is 49.6. The molecule has 0 saturated carbocycles. The number of para-hydroxylation sites is 3. The normalized spacial score (nSPS) is 10.8. The van der Waals surface area contributed by atoms with Crippen LogP contribution in [0.25, 0.3) is 65.4 Å². The van der Waals surface area contributed by atoms with Gasteiger partial charge in [-0.25, -0.2) is 14.6 Å². The number of nitrogens with zero attached hydrogens (tertiary/aromatic N) is 6. The number of nitrogens with two attached hydrogens (primary N) is 1. The Hall–Kier alpha value is -9.31. The molecule has 0 aliphatic rings. The number of aryl methyl sites for hydroxylation is 2. The molecule has 0 unspecified atom stereocenters. The Balaban J connectivity index is 0.000000148. The molecule has 86 heavy (non-hydrogen) atoms. The summed E-state index contributed by atoms with van der Waals surface area (Å²) in [4.78, 5) is 56.7. The van der Waals surface area contributed by atoms with Gasteiger partial charge in [-0.15, -0.1) is 11.6 Å². The molecule has 7 aromatic heterocycles. The summed E-state index contributed by atoms with van der Waals surface area (Å²) in [5, 5.41) is 10.6. The molecule has 434 valence electrons. The maximum Gasteiger partial charge on any atom is 0.340 e. The SMILES string of the molecule is C.COC(=O)c1c[nH]c2ccccc12.COC(=O)c1cn(Cc2ccc3ncc(Cl)cc3c2)c2ccccc12.Cc1cc(N)nc(C)c1CNC(=O)c1cn(Cc2ccc3ncc(Cl)cc3c2)c2ccccc12.ClCc1ccc2ncc(Cl)cc2c1. The summed E-state index contributed by atoms with van der Waals surface area (Å²) in [6, 6.07) is 49.0. The van der Waals surface area contributed by atoms with Gasteiger partial charge in [-0.05, 0) is 121 Å². The number of halogens is 4. The molecule has 0 spiro atoms. The van der Waals surface area contributed by atoms with Crippen molar-refractivity contribution in [2.24, 2.45) is 0 Å². The van der Waals surface area contributed by atoms with Crippen molar-refractivity contribution in [3.63, 3.8) is 0 Å². The average Bonchev–Trinajstić information content (AvgIpc) is 3.15. The number of H-pyrrole nitrogens is 1. The lowest BCUT2D eigenvalue weighted by molar-refractivity contribution is 0.0594. The summed E-state index contributed by atoms with van der Waals surface area (Å²) in [5.41, 5.74) is 19.4. The second-order valence-corrected chi connectivity index (χ2v) is 21.5. The summed E-state index contributed by atoms with van der Waals surface area (Å²) in [6.07, 6.45) is 10.4. The molecule has 13 aromatic rings. The molecule has 0 fully saturated rings. The Morgan fingerprint density at radius 1 is 0.570 bits per heavy atom. The number of nitrogens with one attached hydrogen (secondary N) is 2. The first-order valence-corrected chi connectivity index (χ1v) is 28.4. The van der Waals surface area contributed by atoms with E-state index in [2.05, 4.69) is 62.3 Å². The topological polar surface area (TPSA) is 185 Å². The van der Waals surface area contributed by atoms with E-state index in [-0.39, 0.29) is 25.3 Å². The van der Waals surface area contributed by atoms with Gasteiger partial charge >= 0.3 is 11.9 Å². The van der Waals surface area contributed by atoms with E-state index in [9.17, 15) is 14.4 Å². The highest BCUT2D eigenvalue weighted by molar-refractivity contribution is 6.31. The van der Waals surface area contributed by atoms with E-state index in [0.29, 0.717) is 63.1 Å². The molecule has 0 aliphatic carbocycles. The number of methoxy groups -OCH3 is 2. The first-order valence-electron chi connectivity index (χ1n) is 26.7. The zero-order valence-electron chi connectivity index (χ0n) is 46.5. The second-order valence-electron chi connectivity index (χ2n) is 19.9. The van der Waals surface area contributed by atoms with Crippen LogP contribution in [0.3, 0.4) is 0 Å². The van der Waals surface area contributed by atoms with Crippen LogP contribution in [0.5, 0.6) is 0 Å². The minimum atomic E-state index is -0.329. The number of fused-ring (bicyclic) bond motifs is 6. The van der Waals surface area contributed by atoms with E-state index < -0.39 is 0 Å². The molecule has 0 saturated heterocycles. The van der Waals surface area contributed by atoms with Crippen molar-refractivity contribution in [3.05, 3.63) is 254 Å². The molecule has 4 N–H and O–H groups in total. The molecule has 18 heteroatoms. The number of esters is 2. The maximum absolute atomic E-state index is 13.2. The van der Waals surface area contributed by atoms with Gasteiger partial charge in [-0.1, -0.05) is 115 Å². The van der Waals surface area contributed by atoms with Gasteiger partial charge in [-0.3, -0.25) is 19.7 Å². The van der Waals surface area contributed by atoms with Crippen molar-refractivity contribution in [2.75, 3.05) is 20.0 Å². The highest BCUT2D eigenvalue weighted by Gasteiger charge is 2.18. The van der Waals surface area contributed by atoms with E-state index in [1.165, 1.54) is 14.2 Å². The number of hydrogen-bond acceptors (Lipinski definition) is 10. The predicted octanol–water partition coefficient (Wildman–Crippen LogP) is 16.3. The fourth-order valence-corrected chi connectivity index (χ4v) is 10.8. The number of alkyl halides is 1. The number of carbonyl (C=O) groups excluding carboxylic acids is 3. The van der Waals surface area contributed by atoms with Gasteiger partial charge < -0.3 is 34.6 Å². The molecule has 1 amide bonds. The summed E-state index contributed by atoms with van der Waals surface area (Å²) >= 11 is 23.7. The minimum Gasteiger partial charge on any atom is -0.465 e. The number of ether oxygens (including phenoxy) is 2.